The highest BCUT2D eigenvalue weighted by atomic mass is 19.2. The van der Waals surface area contributed by atoms with E-state index >= 15 is 0 Å². The van der Waals surface area contributed by atoms with E-state index in [1.165, 1.54) is 6.42 Å². The number of benzene rings is 1. The quantitative estimate of drug-likeness (QED) is 0.331. The molecule has 1 aromatic carbocycles. The number of halogens is 4. The summed E-state index contributed by atoms with van der Waals surface area (Å²) in [6, 6.07) is 0. The molecule has 24 heavy (non-hydrogen) atoms. The van der Waals surface area contributed by atoms with Gasteiger partial charge in [-0.2, -0.15) is 0 Å². The van der Waals surface area contributed by atoms with Crippen LogP contribution in [-0.2, 0) is 4.79 Å². The van der Waals surface area contributed by atoms with Crippen molar-refractivity contribution >= 4 is 17.4 Å². The Morgan fingerprint density at radius 1 is 1.04 bits per heavy atom. The first-order chi connectivity index (χ1) is 11.2. The van der Waals surface area contributed by atoms with Crippen LogP contribution in [0.3, 0.4) is 0 Å². The maximum atomic E-state index is 13.3. The Kier molecular flexibility index (Phi) is 7.38. The molecule has 0 aromatic heterocycles. The molecule has 0 spiro atoms. The molecule has 1 heterocycles. The third kappa shape index (κ3) is 4.55. The van der Waals surface area contributed by atoms with Gasteiger partial charge in [0.05, 0.1) is 0 Å². The fourth-order valence-corrected chi connectivity index (χ4v) is 2.33. The minimum Gasteiger partial charge on any atom is -0.481 e. The van der Waals surface area contributed by atoms with Gasteiger partial charge in [-0.25, -0.2) is 17.6 Å². The molecule has 7 heteroatoms. The van der Waals surface area contributed by atoms with Crippen LogP contribution >= 0.6 is 0 Å². The number of carboxylic acids is 1. The largest absolute Gasteiger partial charge is 0.481 e. The van der Waals surface area contributed by atoms with Crippen molar-refractivity contribution in [2.75, 3.05) is 0 Å². The van der Waals surface area contributed by atoms with Crippen LogP contribution in [0.1, 0.15) is 64.4 Å². The molecular formula is C17H21F4NO2. The van der Waals surface area contributed by atoms with Crippen molar-refractivity contribution in [3.63, 3.8) is 0 Å². The first kappa shape index (κ1) is 20.1. The molecule has 0 bridgehead atoms. The summed E-state index contributed by atoms with van der Waals surface area (Å²) < 4.78 is 52.3. The van der Waals surface area contributed by atoms with Crippen LogP contribution in [0.5, 0.6) is 0 Å². The maximum Gasteiger partial charge on any atom is 0.303 e. The summed E-state index contributed by atoms with van der Waals surface area (Å²) in [5, 5.41) is 8.21. The van der Waals surface area contributed by atoms with Gasteiger partial charge in [0.25, 0.3) is 0 Å². The van der Waals surface area contributed by atoms with E-state index in [2.05, 4.69) is 11.9 Å². The molecule has 1 N–H and O–H groups in total. The zero-order valence-corrected chi connectivity index (χ0v) is 13.9. The summed E-state index contributed by atoms with van der Waals surface area (Å²) in [5.41, 5.74) is -0.187. The zero-order chi connectivity index (χ0) is 18.4. The minimum atomic E-state index is -1.81. The molecule has 134 valence electrons. The lowest BCUT2D eigenvalue weighted by molar-refractivity contribution is -0.137. The van der Waals surface area contributed by atoms with E-state index in [-0.39, 0.29) is 5.56 Å². The lowest BCUT2D eigenvalue weighted by Gasteiger charge is -2.08. The van der Waals surface area contributed by atoms with E-state index in [1.54, 1.807) is 13.8 Å². The molecule has 1 aliphatic rings. The van der Waals surface area contributed by atoms with Gasteiger partial charge < -0.3 is 5.11 Å². The first-order valence-electron chi connectivity index (χ1n) is 7.85. The van der Waals surface area contributed by atoms with Crippen LogP contribution in [0.15, 0.2) is 4.99 Å². The molecule has 0 aliphatic carbocycles. The monoisotopic (exact) mass is 347 g/mol. The number of carboxylic acid groups (broad SMARTS) is 1. The molecule has 0 radical (unpaired) electrons. The second kappa shape index (κ2) is 8.80. The molecule has 1 aromatic rings. The van der Waals surface area contributed by atoms with Crippen molar-refractivity contribution in [2.45, 2.75) is 58.8 Å². The molecule has 1 aliphatic heterocycles. The Morgan fingerprint density at radius 3 is 2.17 bits per heavy atom. The van der Waals surface area contributed by atoms with E-state index in [9.17, 15) is 22.4 Å². The smallest absolute Gasteiger partial charge is 0.303 e. The molecular weight excluding hydrogens is 326 g/mol. The summed E-state index contributed by atoms with van der Waals surface area (Å²) in [6.45, 7) is 5.23. The van der Waals surface area contributed by atoms with E-state index in [0.717, 1.165) is 19.3 Å². The number of nitrogens with zero attached hydrogens (tertiary/aromatic N) is 1. The highest BCUT2D eigenvalue weighted by Gasteiger charge is 2.32. The van der Waals surface area contributed by atoms with Crippen LogP contribution < -0.4 is 0 Å². The van der Waals surface area contributed by atoms with Gasteiger partial charge in [-0.05, 0) is 13.3 Å². The van der Waals surface area contributed by atoms with Crippen molar-refractivity contribution in [1.29, 1.82) is 0 Å². The second-order valence-corrected chi connectivity index (χ2v) is 5.70. The molecule has 1 unspecified atom stereocenters. The number of carbonyl (C=O) groups is 1. The third-order valence-electron chi connectivity index (χ3n) is 3.87. The third-order valence-corrected chi connectivity index (χ3v) is 3.87. The number of unbranched alkanes of at least 4 members (excludes halogenated alkanes) is 3. The standard InChI is InChI=1S/C10H7F4N.C7H14O2/c1-3-4(2)15-10-5(3)6(11)7(12)8(13)9(10)14;1-2-3-4-5-6-7(8)9/h3H,1-2H3;2-6H2,1H3,(H,8,9). The number of rotatable bonds is 5. The van der Waals surface area contributed by atoms with Gasteiger partial charge >= 0.3 is 5.97 Å². The average molecular weight is 347 g/mol. The lowest BCUT2D eigenvalue weighted by Crippen LogP contribution is -2.05. The van der Waals surface area contributed by atoms with Gasteiger partial charge in [-0.15, -0.1) is 0 Å². The van der Waals surface area contributed by atoms with Crippen molar-refractivity contribution in [1.82, 2.24) is 0 Å². The molecule has 3 nitrogen and oxygen atoms in total. The van der Waals surface area contributed by atoms with Crippen molar-refractivity contribution < 1.29 is 27.5 Å². The van der Waals surface area contributed by atoms with Gasteiger partial charge in [0.15, 0.2) is 23.3 Å². The average Bonchev–Trinajstić information content (AvgIpc) is 2.84. The molecule has 0 saturated heterocycles. The predicted molar refractivity (Wildman–Crippen MR) is 83.9 cm³/mol. The lowest BCUT2D eigenvalue weighted by atomic mass is 9.97. The van der Waals surface area contributed by atoms with Crippen LogP contribution in [0.4, 0.5) is 23.2 Å². The Balaban J connectivity index is 0.000000277. The van der Waals surface area contributed by atoms with Crippen LogP contribution in [0.2, 0.25) is 0 Å². The Labute approximate surface area is 138 Å². The molecule has 2 rings (SSSR count). The SMILES string of the molecule is CC1=Nc2c(F)c(F)c(F)c(F)c2C1C.CCCCCCC(=O)O. The van der Waals surface area contributed by atoms with E-state index < -0.39 is 40.8 Å². The fourth-order valence-electron chi connectivity index (χ4n) is 2.33. The molecule has 0 saturated carbocycles. The molecule has 1 atom stereocenters. The minimum absolute atomic E-state index is 0.205. The highest BCUT2D eigenvalue weighted by Crippen LogP contribution is 2.41. The van der Waals surface area contributed by atoms with Crippen molar-refractivity contribution in [3.05, 3.63) is 28.8 Å². The van der Waals surface area contributed by atoms with Gasteiger partial charge in [-0.1, -0.05) is 33.1 Å². The van der Waals surface area contributed by atoms with Crippen LogP contribution in [0, 0.1) is 23.3 Å². The van der Waals surface area contributed by atoms with E-state index in [4.69, 9.17) is 5.11 Å². The fraction of sp³-hybridized carbons (Fsp3) is 0.529. The van der Waals surface area contributed by atoms with Crippen LogP contribution in [-0.4, -0.2) is 16.8 Å². The predicted octanol–water partition coefficient (Wildman–Crippen LogP) is 5.49. The first-order valence-corrected chi connectivity index (χ1v) is 7.85. The summed E-state index contributed by atoms with van der Waals surface area (Å²) in [6.07, 6.45) is 4.55. The summed E-state index contributed by atoms with van der Waals surface area (Å²) in [7, 11) is 0. The van der Waals surface area contributed by atoms with Gasteiger partial charge in [0.1, 0.15) is 5.69 Å². The topological polar surface area (TPSA) is 49.7 Å². The molecule has 0 fully saturated rings. The number of hydrogen-bond acceptors (Lipinski definition) is 2. The van der Waals surface area contributed by atoms with Gasteiger partial charge in [0, 0.05) is 23.6 Å². The maximum absolute atomic E-state index is 13.3. The van der Waals surface area contributed by atoms with Gasteiger partial charge in [-0.3, -0.25) is 9.79 Å². The number of aliphatic carboxylic acids is 1. The van der Waals surface area contributed by atoms with Gasteiger partial charge in [0.2, 0.25) is 0 Å². The number of fused-ring (bicyclic) bond motifs is 1. The van der Waals surface area contributed by atoms with E-state index in [1.807, 2.05) is 0 Å². The Bertz CT molecular complexity index is 644. The normalized spacial score (nSPS) is 15.5. The zero-order valence-electron chi connectivity index (χ0n) is 13.9. The van der Waals surface area contributed by atoms with Crippen molar-refractivity contribution in [3.8, 4) is 0 Å². The summed E-state index contributed by atoms with van der Waals surface area (Å²) in [4.78, 5) is 13.7. The number of aliphatic imine (C=N–C) groups is 1. The Hall–Kier alpha value is -1.92. The summed E-state index contributed by atoms with van der Waals surface area (Å²) in [5.74, 6) is -7.56. The summed E-state index contributed by atoms with van der Waals surface area (Å²) >= 11 is 0. The Morgan fingerprint density at radius 2 is 1.62 bits per heavy atom. The second-order valence-electron chi connectivity index (χ2n) is 5.70. The van der Waals surface area contributed by atoms with Crippen LogP contribution in [0.25, 0.3) is 0 Å². The van der Waals surface area contributed by atoms with E-state index in [0.29, 0.717) is 12.1 Å². The number of hydrogen-bond donors (Lipinski definition) is 1. The molecule has 0 amide bonds. The highest BCUT2D eigenvalue weighted by molar-refractivity contribution is 5.96. The van der Waals surface area contributed by atoms with Crippen molar-refractivity contribution in [2.24, 2.45) is 4.99 Å².